The Balaban J connectivity index is 1.84. The quantitative estimate of drug-likeness (QED) is 0.685. The molecule has 126 valence electrons. The minimum Gasteiger partial charge on any atom is -0.367 e. The number of halogens is 1. The molecule has 7 nitrogen and oxygen atoms in total. The maximum absolute atomic E-state index is 13.3. The smallest absolute Gasteiger partial charge is 0.281 e. The minimum absolute atomic E-state index is 0.273. The number of benzene rings is 1. The normalized spacial score (nSPS) is 16.1. The van der Waals surface area contributed by atoms with Crippen molar-refractivity contribution in [3.8, 4) is 11.3 Å². The van der Waals surface area contributed by atoms with Crippen LogP contribution in [0.3, 0.4) is 0 Å². The van der Waals surface area contributed by atoms with Crippen molar-refractivity contribution in [2.45, 2.75) is 18.9 Å². The standard InChI is InChI=1S/C16H18FN5O2/c1-21-6-4-12(5-7-21)20-16-9-14(18-10-19-16)13-3-2-11(17)8-15(13)22(23)24/h2-3,8-10,12H,4-7H2,1H3,(H,18,19,20). The van der Waals surface area contributed by atoms with Gasteiger partial charge in [0.2, 0.25) is 0 Å². The summed E-state index contributed by atoms with van der Waals surface area (Å²) in [5.74, 6) is -0.0302. The number of rotatable bonds is 4. The SMILES string of the molecule is CN1CCC(Nc2cc(-c3ccc(F)cc3[N+](=O)[O-])ncn2)CC1. The summed E-state index contributed by atoms with van der Waals surface area (Å²) < 4.78 is 13.3. The third-order valence-electron chi connectivity index (χ3n) is 4.17. The topological polar surface area (TPSA) is 84.2 Å². The van der Waals surface area contributed by atoms with Crippen LogP contribution in [0.4, 0.5) is 15.9 Å². The minimum atomic E-state index is -0.649. The van der Waals surface area contributed by atoms with E-state index in [0.717, 1.165) is 32.0 Å². The summed E-state index contributed by atoms with van der Waals surface area (Å²) in [5, 5.41) is 14.5. The molecule has 1 aliphatic rings. The van der Waals surface area contributed by atoms with Crippen molar-refractivity contribution in [2.75, 3.05) is 25.5 Å². The predicted octanol–water partition coefficient (Wildman–Crippen LogP) is 2.70. The number of aromatic nitrogens is 2. The van der Waals surface area contributed by atoms with E-state index in [1.807, 2.05) is 0 Å². The van der Waals surface area contributed by atoms with Gasteiger partial charge in [0.25, 0.3) is 5.69 Å². The molecule has 0 aliphatic carbocycles. The van der Waals surface area contributed by atoms with Gasteiger partial charge >= 0.3 is 0 Å². The predicted molar refractivity (Wildman–Crippen MR) is 88.2 cm³/mol. The van der Waals surface area contributed by atoms with Crippen molar-refractivity contribution in [1.29, 1.82) is 0 Å². The van der Waals surface area contributed by atoms with Crippen LogP contribution in [0, 0.1) is 15.9 Å². The molecule has 1 N–H and O–H groups in total. The number of piperidine rings is 1. The summed E-state index contributed by atoms with van der Waals surface area (Å²) in [6.07, 6.45) is 3.37. The fourth-order valence-corrected chi connectivity index (χ4v) is 2.82. The summed E-state index contributed by atoms with van der Waals surface area (Å²) in [5.41, 5.74) is 0.362. The van der Waals surface area contributed by atoms with Crippen LogP contribution in [0.2, 0.25) is 0 Å². The molecule has 0 amide bonds. The van der Waals surface area contributed by atoms with E-state index >= 15 is 0 Å². The number of likely N-dealkylation sites (tertiary alicyclic amines) is 1. The third kappa shape index (κ3) is 3.65. The molecule has 1 saturated heterocycles. The molecule has 2 heterocycles. The molecule has 1 aliphatic heterocycles. The molecule has 0 radical (unpaired) electrons. The molecular formula is C16H18FN5O2. The van der Waals surface area contributed by atoms with Crippen LogP contribution < -0.4 is 5.32 Å². The van der Waals surface area contributed by atoms with E-state index in [4.69, 9.17) is 0 Å². The average Bonchev–Trinajstić information content (AvgIpc) is 2.57. The summed E-state index contributed by atoms with van der Waals surface area (Å²) in [6, 6.07) is 5.44. The van der Waals surface area contributed by atoms with Gasteiger partial charge in [-0.3, -0.25) is 10.1 Å². The lowest BCUT2D eigenvalue weighted by molar-refractivity contribution is -0.384. The Labute approximate surface area is 138 Å². The zero-order chi connectivity index (χ0) is 17.1. The average molecular weight is 331 g/mol. The highest BCUT2D eigenvalue weighted by Gasteiger charge is 2.20. The zero-order valence-electron chi connectivity index (χ0n) is 13.3. The summed E-state index contributed by atoms with van der Waals surface area (Å²) >= 11 is 0. The van der Waals surface area contributed by atoms with Gasteiger partial charge in [0.1, 0.15) is 18.0 Å². The summed E-state index contributed by atoms with van der Waals surface area (Å²) in [6.45, 7) is 2.03. The molecule has 3 rings (SSSR count). The highest BCUT2D eigenvalue weighted by Crippen LogP contribution is 2.30. The van der Waals surface area contributed by atoms with Crippen molar-refractivity contribution >= 4 is 11.5 Å². The van der Waals surface area contributed by atoms with Crippen molar-refractivity contribution in [3.05, 3.63) is 46.5 Å². The van der Waals surface area contributed by atoms with Gasteiger partial charge in [-0.05, 0) is 45.1 Å². The molecule has 0 spiro atoms. The van der Waals surface area contributed by atoms with Gasteiger partial charge in [0.15, 0.2) is 0 Å². The Kier molecular flexibility index (Phi) is 4.66. The van der Waals surface area contributed by atoms with E-state index in [1.165, 1.54) is 18.5 Å². The van der Waals surface area contributed by atoms with Gasteiger partial charge in [-0.1, -0.05) is 0 Å². The molecule has 0 atom stereocenters. The fraction of sp³-hybridized carbons (Fsp3) is 0.375. The van der Waals surface area contributed by atoms with Crippen LogP contribution in [-0.2, 0) is 0 Å². The second-order valence-electron chi connectivity index (χ2n) is 5.93. The van der Waals surface area contributed by atoms with Crippen LogP contribution in [0.25, 0.3) is 11.3 Å². The number of hydrogen-bond donors (Lipinski definition) is 1. The molecule has 0 bridgehead atoms. The van der Waals surface area contributed by atoms with Crippen molar-refractivity contribution in [3.63, 3.8) is 0 Å². The first-order chi connectivity index (χ1) is 11.5. The fourth-order valence-electron chi connectivity index (χ4n) is 2.82. The summed E-state index contributed by atoms with van der Waals surface area (Å²) in [7, 11) is 2.09. The Morgan fingerprint density at radius 2 is 2.04 bits per heavy atom. The summed E-state index contributed by atoms with van der Waals surface area (Å²) in [4.78, 5) is 21.1. The first-order valence-electron chi connectivity index (χ1n) is 7.74. The lowest BCUT2D eigenvalue weighted by Gasteiger charge is -2.29. The Morgan fingerprint density at radius 1 is 1.29 bits per heavy atom. The molecule has 1 fully saturated rings. The molecule has 24 heavy (non-hydrogen) atoms. The Hall–Kier alpha value is -2.61. The molecule has 0 unspecified atom stereocenters. The van der Waals surface area contributed by atoms with Crippen LogP contribution in [-0.4, -0.2) is 46.0 Å². The van der Waals surface area contributed by atoms with Gasteiger partial charge in [0.05, 0.1) is 22.2 Å². The zero-order valence-corrected chi connectivity index (χ0v) is 13.3. The van der Waals surface area contributed by atoms with E-state index in [1.54, 1.807) is 6.07 Å². The monoisotopic (exact) mass is 331 g/mol. The van der Waals surface area contributed by atoms with Crippen LogP contribution in [0.15, 0.2) is 30.6 Å². The van der Waals surface area contributed by atoms with Gasteiger partial charge in [0, 0.05) is 12.1 Å². The maximum Gasteiger partial charge on any atom is 0.281 e. The van der Waals surface area contributed by atoms with Crippen molar-refractivity contribution in [2.24, 2.45) is 0 Å². The van der Waals surface area contributed by atoms with E-state index < -0.39 is 10.7 Å². The number of nitro groups is 1. The lowest BCUT2D eigenvalue weighted by Crippen LogP contribution is -2.36. The van der Waals surface area contributed by atoms with Gasteiger partial charge in [-0.25, -0.2) is 14.4 Å². The highest BCUT2D eigenvalue weighted by atomic mass is 19.1. The van der Waals surface area contributed by atoms with Crippen LogP contribution in [0.5, 0.6) is 0 Å². The molecule has 1 aromatic carbocycles. The Morgan fingerprint density at radius 3 is 2.75 bits per heavy atom. The first kappa shape index (κ1) is 16.3. The van der Waals surface area contributed by atoms with E-state index in [0.29, 0.717) is 17.6 Å². The second-order valence-corrected chi connectivity index (χ2v) is 5.93. The molecule has 1 aromatic heterocycles. The lowest BCUT2D eigenvalue weighted by atomic mass is 10.1. The van der Waals surface area contributed by atoms with E-state index in [-0.39, 0.29) is 11.3 Å². The van der Waals surface area contributed by atoms with Crippen LogP contribution >= 0.6 is 0 Å². The van der Waals surface area contributed by atoms with Crippen molar-refractivity contribution in [1.82, 2.24) is 14.9 Å². The number of nitrogens with one attached hydrogen (secondary N) is 1. The van der Waals surface area contributed by atoms with Gasteiger partial charge in [-0.2, -0.15) is 0 Å². The van der Waals surface area contributed by atoms with Gasteiger partial charge in [-0.15, -0.1) is 0 Å². The highest BCUT2D eigenvalue weighted by molar-refractivity contribution is 5.72. The van der Waals surface area contributed by atoms with Gasteiger partial charge < -0.3 is 10.2 Å². The number of nitrogens with zero attached hydrogens (tertiary/aromatic N) is 4. The molecule has 2 aromatic rings. The Bertz CT molecular complexity index is 747. The van der Waals surface area contributed by atoms with Crippen molar-refractivity contribution < 1.29 is 9.31 Å². The van der Waals surface area contributed by atoms with E-state index in [9.17, 15) is 14.5 Å². The van der Waals surface area contributed by atoms with E-state index in [2.05, 4.69) is 27.2 Å². The molecule has 0 saturated carbocycles. The number of nitro benzene ring substituents is 1. The second kappa shape index (κ2) is 6.88. The maximum atomic E-state index is 13.3. The number of hydrogen-bond acceptors (Lipinski definition) is 6. The molecular weight excluding hydrogens is 313 g/mol. The molecule has 8 heteroatoms. The number of anilines is 1. The third-order valence-corrected chi connectivity index (χ3v) is 4.17. The first-order valence-corrected chi connectivity index (χ1v) is 7.74. The largest absolute Gasteiger partial charge is 0.367 e. The van der Waals surface area contributed by atoms with Crippen LogP contribution in [0.1, 0.15) is 12.8 Å².